The van der Waals surface area contributed by atoms with Gasteiger partial charge in [0.25, 0.3) is 0 Å². The van der Waals surface area contributed by atoms with Gasteiger partial charge in [-0.1, -0.05) is 51.4 Å². The van der Waals surface area contributed by atoms with E-state index in [1.165, 1.54) is 0 Å². The molecule has 0 saturated carbocycles. The van der Waals surface area contributed by atoms with Gasteiger partial charge in [0, 0.05) is 16.4 Å². The molecule has 0 bridgehead atoms. The van der Waals surface area contributed by atoms with Crippen LogP contribution in [0.1, 0.15) is 88.2 Å². The average Bonchev–Trinajstić information content (AvgIpc) is 2.98. The Morgan fingerprint density at radius 2 is 0.736 bits per heavy atom. The predicted molar refractivity (Wildman–Crippen MR) is 181 cm³/mol. The van der Waals surface area contributed by atoms with Crippen molar-refractivity contribution in [2.24, 2.45) is 0 Å². The summed E-state index contributed by atoms with van der Waals surface area (Å²) in [4.78, 5) is 0. The Hall–Kier alpha value is -1.33. The minimum atomic E-state index is -4.50. The van der Waals surface area contributed by atoms with Crippen LogP contribution in [0.3, 0.4) is 0 Å². The average molecular weight is 877 g/mol. The summed E-state index contributed by atoms with van der Waals surface area (Å²) in [7, 11) is -10.4. The van der Waals surface area contributed by atoms with E-state index in [2.05, 4.69) is 0 Å². The van der Waals surface area contributed by atoms with Crippen molar-refractivity contribution in [3.8, 4) is 11.5 Å². The van der Waals surface area contributed by atoms with Crippen molar-refractivity contribution in [1.82, 2.24) is 0 Å². The van der Waals surface area contributed by atoms with Crippen molar-refractivity contribution in [2.75, 3.05) is 23.0 Å². The second kappa shape index (κ2) is 23.7. The number of hydrogen-bond donors (Lipinski definition) is 0. The normalized spacial score (nSPS) is 12.7. The smallest absolute Gasteiger partial charge is 0.748 e. The molecule has 0 atom stereocenters. The first-order chi connectivity index (χ1) is 23.8. The Labute approximate surface area is 333 Å². The maximum Gasteiger partial charge on any atom is 1.00 e. The van der Waals surface area contributed by atoms with Crippen LogP contribution in [0.25, 0.3) is 0 Å². The standard InChI is InChI=1S/C15H20ClF3O5S2.C15H21F3O6S2.Na/c16-25(20,21)11-5-3-1-2-4-6-12-26(22,23)24-14-9-7-13(8-10-14)15(17,18)19;16-15(17,18)13-7-9-14(10-8-13)24-26(22,23)12-6-4-2-1-3-5-11-25(19,20)21;/h7-10H,1-6,11-12H2;7-10H,1-6,11-12H2,(H,19,20,21);/q;;+1/p-1. The minimum absolute atomic E-state index is 0. The number of benzene rings is 2. The first kappa shape index (κ1) is 51.7. The van der Waals surface area contributed by atoms with Gasteiger partial charge in [-0.3, -0.25) is 0 Å². The summed E-state index contributed by atoms with van der Waals surface area (Å²) < 4.78 is 184. The molecule has 0 aliphatic rings. The Morgan fingerprint density at radius 1 is 0.472 bits per heavy atom. The van der Waals surface area contributed by atoms with E-state index < -0.39 is 68.6 Å². The van der Waals surface area contributed by atoms with E-state index in [0.29, 0.717) is 57.8 Å². The van der Waals surface area contributed by atoms with E-state index in [1.54, 1.807) is 0 Å². The van der Waals surface area contributed by atoms with E-state index in [-0.39, 0.29) is 64.7 Å². The second-order valence-electron chi connectivity index (χ2n) is 11.5. The molecule has 53 heavy (non-hydrogen) atoms. The molecule has 11 nitrogen and oxygen atoms in total. The molecule has 0 radical (unpaired) electrons. The van der Waals surface area contributed by atoms with E-state index in [0.717, 1.165) is 61.4 Å². The molecule has 0 saturated heterocycles. The summed E-state index contributed by atoms with van der Waals surface area (Å²) in [5.41, 5.74) is -1.78. The third-order valence-corrected chi connectivity index (χ3v) is 11.4. The molecular formula is C30H40ClF6NaO11S4. The van der Waals surface area contributed by atoms with E-state index >= 15 is 0 Å². The molecule has 0 aromatic heterocycles. The third kappa shape index (κ3) is 27.0. The van der Waals surface area contributed by atoms with Gasteiger partial charge in [0.1, 0.15) is 11.5 Å². The molecule has 0 unspecified atom stereocenters. The summed E-state index contributed by atoms with van der Waals surface area (Å²) in [6.45, 7) is 0. The monoisotopic (exact) mass is 876 g/mol. The molecule has 0 aliphatic heterocycles. The number of alkyl halides is 6. The van der Waals surface area contributed by atoms with Crippen molar-refractivity contribution >= 4 is 50.1 Å². The number of hydrogen-bond acceptors (Lipinski definition) is 11. The fraction of sp³-hybridized carbons (Fsp3) is 0.600. The largest absolute Gasteiger partial charge is 1.00 e. The van der Waals surface area contributed by atoms with Crippen LogP contribution >= 0.6 is 10.7 Å². The first-order valence-corrected chi connectivity index (χ1v) is 23.0. The molecule has 2 aromatic rings. The Morgan fingerprint density at radius 3 is 1.00 bits per heavy atom. The topological polar surface area (TPSA) is 178 Å². The van der Waals surface area contributed by atoms with Crippen LogP contribution in [0.2, 0.25) is 0 Å². The van der Waals surface area contributed by atoms with Gasteiger partial charge in [-0.25, -0.2) is 16.8 Å². The fourth-order valence-corrected chi connectivity index (χ4v) is 7.83. The number of unbranched alkanes of at least 4 members (excludes halogenated alkanes) is 10. The van der Waals surface area contributed by atoms with E-state index in [1.807, 2.05) is 0 Å². The van der Waals surface area contributed by atoms with Gasteiger partial charge in [-0.15, -0.1) is 0 Å². The van der Waals surface area contributed by atoms with Crippen LogP contribution in [0, 0.1) is 0 Å². The predicted octanol–water partition coefficient (Wildman–Crippen LogP) is 4.63. The summed E-state index contributed by atoms with van der Waals surface area (Å²) in [5.74, 6) is -1.35. The second-order valence-corrected chi connectivity index (χ2v) is 19.3. The van der Waals surface area contributed by atoms with Gasteiger partial charge in [-0.05, 0) is 74.2 Å². The van der Waals surface area contributed by atoms with Crippen molar-refractivity contribution in [3.63, 3.8) is 0 Å². The summed E-state index contributed by atoms with van der Waals surface area (Å²) in [6, 6.07) is 6.82. The van der Waals surface area contributed by atoms with Gasteiger partial charge in [0.05, 0.1) is 38.5 Å². The molecule has 2 rings (SSSR count). The summed E-state index contributed by atoms with van der Waals surface area (Å²) in [5, 5.41) is 0. The molecule has 0 aliphatic carbocycles. The fourth-order valence-electron chi connectivity index (χ4n) is 4.30. The van der Waals surface area contributed by atoms with Gasteiger partial charge in [0.15, 0.2) is 0 Å². The molecule has 0 amide bonds. The van der Waals surface area contributed by atoms with Gasteiger partial charge < -0.3 is 12.9 Å². The number of halogens is 7. The van der Waals surface area contributed by atoms with Crippen LogP contribution in [0.15, 0.2) is 48.5 Å². The van der Waals surface area contributed by atoms with Crippen LogP contribution in [0.4, 0.5) is 26.3 Å². The maximum atomic E-state index is 12.4. The SMILES string of the molecule is O=S(=O)(Cl)CCCCCCCCS(=O)(=O)Oc1ccc(C(F)(F)F)cc1.O=S(=O)([O-])CCCCCCCCS(=O)(=O)Oc1ccc(C(F)(F)F)cc1.[Na+]. The van der Waals surface area contributed by atoms with Crippen molar-refractivity contribution in [3.05, 3.63) is 59.7 Å². The van der Waals surface area contributed by atoms with Crippen molar-refractivity contribution < 1.29 is 102 Å². The van der Waals surface area contributed by atoms with Gasteiger partial charge in [0.2, 0.25) is 9.05 Å². The molecule has 2 aromatic carbocycles. The van der Waals surface area contributed by atoms with Crippen LogP contribution < -0.4 is 37.9 Å². The third-order valence-electron chi connectivity index (χ3n) is 6.88. The summed E-state index contributed by atoms with van der Waals surface area (Å²) in [6.07, 6.45) is -2.34. The zero-order chi connectivity index (χ0) is 39.7. The molecule has 300 valence electrons. The quantitative estimate of drug-likeness (QED) is 0.0403. The first-order valence-electron chi connectivity index (χ1n) is 15.8. The zero-order valence-corrected chi connectivity index (χ0v) is 34.7. The Balaban J connectivity index is 0.00000100. The van der Waals surface area contributed by atoms with Gasteiger partial charge >= 0.3 is 62.1 Å². The molecule has 0 heterocycles. The van der Waals surface area contributed by atoms with E-state index in [4.69, 9.17) is 19.0 Å². The molecule has 0 N–H and O–H groups in total. The summed E-state index contributed by atoms with van der Waals surface area (Å²) >= 11 is 0. The maximum absolute atomic E-state index is 12.4. The molecule has 0 fully saturated rings. The zero-order valence-electron chi connectivity index (χ0n) is 28.7. The Kier molecular flexibility index (Phi) is 23.1. The van der Waals surface area contributed by atoms with Crippen molar-refractivity contribution in [1.29, 1.82) is 0 Å². The van der Waals surface area contributed by atoms with Crippen LogP contribution in [0.5, 0.6) is 11.5 Å². The van der Waals surface area contributed by atoms with E-state index in [9.17, 15) is 64.6 Å². The van der Waals surface area contributed by atoms with Crippen LogP contribution in [-0.4, -0.2) is 61.2 Å². The van der Waals surface area contributed by atoms with Gasteiger partial charge in [-0.2, -0.15) is 43.2 Å². The number of rotatable bonds is 22. The van der Waals surface area contributed by atoms with Crippen molar-refractivity contribution in [2.45, 2.75) is 89.4 Å². The minimum Gasteiger partial charge on any atom is -0.748 e. The Bertz CT molecular complexity index is 1660. The molecule has 0 spiro atoms. The molecular weight excluding hydrogens is 837 g/mol. The van der Waals surface area contributed by atoms with Crippen LogP contribution in [-0.2, 0) is 51.8 Å². The molecule has 23 heteroatoms.